The lowest BCUT2D eigenvalue weighted by Crippen LogP contribution is -3.00. The fourth-order valence-electron chi connectivity index (χ4n) is 4.22. The highest BCUT2D eigenvalue weighted by atomic mass is 79.9. The molecular weight excluding hydrogens is 458 g/mol. The van der Waals surface area contributed by atoms with Crippen LogP contribution in [0.1, 0.15) is 31.2 Å². The predicted octanol–water partition coefficient (Wildman–Crippen LogP) is 0.951. The maximum absolute atomic E-state index is 12.4. The van der Waals surface area contributed by atoms with Crippen molar-refractivity contribution in [1.29, 1.82) is 0 Å². The highest BCUT2D eigenvalue weighted by Gasteiger charge is 2.51. The molecule has 0 saturated carbocycles. The zero-order valence-electron chi connectivity index (χ0n) is 16.7. The van der Waals surface area contributed by atoms with E-state index in [1.54, 1.807) is 19.2 Å². The van der Waals surface area contributed by atoms with Crippen LogP contribution in [0.5, 0.6) is 11.5 Å². The SMILES string of the molecule is COc1ccc(C2(O)CN(c3ccc(OC(F)F)cc3)C3=[N+]2CCCCC3)cc1.[Br-]. The largest absolute Gasteiger partial charge is 1.00 e. The Kier molecular flexibility index (Phi) is 6.98. The maximum Gasteiger partial charge on any atom is 0.387 e. The molecule has 2 aromatic rings. The molecule has 8 heteroatoms. The Hall–Kier alpha value is -2.19. The van der Waals surface area contributed by atoms with Crippen LogP contribution in [0.3, 0.4) is 0 Å². The number of hydrogen-bond acceptors (Lipinski definition) is 4. The lowest BCUT2D eigenvalue weighted by Gasteiger charge is -2.23. The summed E-state index contributed by atoms with van der Waals surface area (Å²) < 4.78 is 36.7. The lowest BCUT2D eigenvalue weighted by atomic mass is 10.0. The topological polar surface area (TPSA) is 44.9 Å². The molecule has 162 valence electrons. The second-order valence-corrected chi connectivity index (χ2v) is 7.38. The van der Waals surface area contributed by atoms with Gasteiger partial charge < -0.3 is 31.6 Å². The van der Waals surface area contributed by atoms with Gasteiger partial charge in [0.25, 0.3) is 11.6 Å². The summed E-state index contributed by atoms with van der Waals surface area (Å²) in [4.78, 5) is 2.09. The fourth-order valence-corrected chi connectivity index (χ4v) is 4.22. The van der Waals surface area contributed by atoms with Gasteiger partial charge in [-0.25, -0.2) is 9.48 Å². The van der Waals surface area contributed by atoms with Gasteiger partial charge in [-0.05, 0) is 67.8 Å². The maximum atomic E-state index is 12.4. The predicted molar refractivity (Wildman–Crippen MR) is 106 cm³/mol. The normalized spacial score (nSPS) is 21.2. The molecule has 2 heterocycles. The molecule has 0 amide bonds. The fraction of sp³-hybridized carbons (Fsp3) is 0.409. The third-order valence-electron chi connectivity index (χ3n) is 5.66. The molecule has 0 spiro atoms. The Morgan fingerprint density at radius 3 is 2.30 bits per heavy atom. The van der Waals surface area contributed by atoms with E-state index in [4.69, 9.17) is 4.74 Å². The minimum absolute atomic E-state index is 0. The Morgan fingerprint density at radius 1 is 1.00 bits per heavy atom. The van der Waals surface area contributed by atoms with Gasteiger partial charge in [-0.3, -0.25) is 0 Å². The van der Waals surface area contributed by atoms with Crippen LogP contribution in [-0.4, -0.2) is 42.3 Å². The van der Waals surface area contributed by atoms with Crippen molar-refractivity contribution in [2.45, 2.75) is 38.0 Å². The van der Waals surface area contributed by atoms with Crippen LogP contribution in [-0.2, 0) is 5.72 Å². The number of alkyl halides is 2. The molecule has 2 aliphatic heterocycles. The first-order valence-corrected chi connectivity index (χ1v) is 9.84. The minimum atomic E-state index is -2.85. The summed E-state index contributed by atoms with van der Waals surface area (Å²) in [6, 6.07) is 14.1. The molecule has 0 bridgehead atoms. The van der Waals surface area contributed by atoms with E-state index in [0.29, 0.717) is 6.54 Å². The molecule has 1 N–H and O–H groups in total. The Morgan fingerprint density at radius 2 is 1.67 bits per heavy atom. The monoisotopic (exact) mass is 482 g/mol. The van der Waals surface area contributed by atoms with Gasteiger partial charge in [0.05, 0.1) is 13.7 Å². The van der Waals surface area contributed by atoms with Crippen molar-refractivity contribution in [3.05, 3.63) is 54.1 Å². The smallest absolute Gasteiger partial charge is 0.387 e. The third kappa shape index (κ3) is 4.30. The van der Waals surface area contributed by atoms with E-state index in [1.807, 2.05) is 24.3 Å². The first-order chi connectivity index (χ1) is 14.0. The van der Waals surface area contributed by atoms with Gasteiger partial charge >= 0.3 is 6.61 Å². The second kappa shape index (κ2) is 9.31. The molecule has 2 aliphatic rings. The average molecular weight is 483 g/mol. The summed E-state index contributed by atoms with van der Waals surface area (Å²) in [5.74, 6) is 1.92. The van der Waals surface area contributed by atoms with Crippen LogP contribution in [0, 0.1) is 0 Å². The van der Waals surface area contributed by atoms with E-state index in [2.05, 4.69) is 14.2 Å². The van der Waals surface area contributed by atoms with Crippen molar-refractivity contribution in [3.8, 4) is 11.5 Å². The average Bonchev–Trinajstić information content (AvgIpc) is 2.87. The number of rotatable bonds is 5. The van der Waals surface area contributed by atoms with Gasteiger partial charge in [0.2, 0.25) is 0 Å². The molecule has 1 unspecified atom stereocenters. The summed E-state index contributed by atoms with van der Waals surface area (Å²) in [7, 11) is 1.61. The Balaban J connectivity index is 0.00000256. The van der Waals surface area contributed by atoms with Crippen molar-refractivity contribution in [1.82, 2.24) is 0 Å². The van der Waals surface area contributed by atoms with E-state index in [0.717, 1.165) is 55.1 Å². The van der Waals surface area contributed by atoms with Crippen LogP contribution in [0.4, 0.5) is 14.5 Å². The van der Waals surface area contributed by atoms with Gasteiger partial charge in [0.15, 0.2) is 6.54 Å². The number of benzene rings is 2. The van der Waals surface area contributed by atoms with Crippen molar-refractivity contribution < 1.29 is 44.9 Å². The zero-order valence-corrected chi connectivity index (χ0v) is 18.3. The molecular formula is C22H25BrF2N2O3. The molecule has 5 nitrogen and oxygen atoms in total. The number of nitrogens with zero attached hydrogens (tertiary/aromatic N) is 2. The standard InChI is InChI=1S/C22H25F2N2O3.BrH/c1-28-18-10-6-16(7-11-18)22(27)15-25(20-5-3-2-4-14-26(20)22)17-8-12-19(13-9-17)29-21(23)24;/h6-13,21,27H,2-5,14-15H2,1H3;1H/q+1;/p-1. The number of halogens is 3. The number of hydrogen-bond donors (Lipinski definition) is 1. The molecule has 0 fully saturated rings. The number of anilines is 1. The molecule has 4 rings (SSSR count). The molecule has 0 aromatic heterocycles. The van der Waals surface area contributed by atoms with Gasteiger partial charge in [-0.2, -0.15) is 8.78 Å². The first kappa shape index (κ1) is 22.5. The van der Waals surface area contributed by atoms with Gasteiger partial charge in [0, 0.05) is 12.0 Å². The third-order valence-corrected chi connectivity index (χ3v) is 5.66. The van der Waals surface area contributed by atoms with Crippen LogP contribution in [0.15, 0.2) is 48.5 Å². The van der Waals surface area contributed by atoms with Crippen LogP contribution < -0.4 is 31.4 Å². The Labute approximate surface area is 185 Å². The van der Waals surface area contributed by atoms with Crippen molar-refractivity contribution in [2.75, 3.05) is 25.1 Å². The first-order valence-electron chi connectivity index (χ1n) is 9.84. The number of aliphatic hydroxyl groups is 1. The zero-order chi connectivity index (χ0) is 20.4. The number of amidine groups is 1. The molecule has 30 heavy (non-hydrogen) atoms. The molecule has 0 radical (unpaired) electrons. The highest BCUT2D eigenvalue weighted by Crippen LogP contribution is 2.36. The summed E-state index contributed by atoms with van der Waals surface area (Å²) in [6.45, 7) is -1.72. The Bertz CT molecular complexity index is 890. The van der Waals surface area contributed by atoms with E-state index < -0.39 is 12.3 Å². The van der Waals surface area contributed by atoms with Crippen LogP contribution in [0.25, 0.3) is 0 Å². The summed E-state index contributed by atoms with van der Waals surface area (Å²) in [5.41, 5.74) is 0.486. The second-order valence-electron chi connectivity index (χ2n) is 7.38. The van der Waals surface area contributed by atoms with Crippen LogP contribution >= 0.6 is 0 Å². The summed E-state index contributed by atoms with van der Waals surface area (Å²) in [5, 5.41) is 11.8. The van der Waals surface area contributed by atoms with Crippen molar-refractivity contribution in [3.63, 3.8) is 0 Å². The van der Waals surface area contributed by atoms with E-state index in [-0.39, 0.29) is 22.7 Å². The van der Waals surface area contributed by atoms with Crippen molar-refractivity contribution >= 4 is 11.5 Å². The summed E-state index contributed by atoms with van der Waals surface area (Å²) >= 11 is 0. The van der Waals surface area contributed by atoms with Gasteiger partial charge in [-0.1, -0.05) is 0 Å². The van der Waals surface area contributed by atoms with E-state index in [1.165, 1.54) is 12.1 Å². The number of methoxy groups -OCH3 is 1. The molecule has 1 atom stereocenters. The quantitative estimate of drug-likeness (QED) is 0.644. The van der Waals surface area contributed by atoms with Crippen LogP contribution in [0.2, 0.25) is 0 Å². The minimum Gasteiger partial charge on any atom is -1.00 e. The number of ether oxygens (including phenoxy) is 2. The van der Waals surface area contributed by atoms with E-state index in [9.17, 15) is 13.9 Å². The number of β-amino-alcohol motifs (C(OH)–C–C–N with tert-alkyl or cyclic N) is 1. The highest BCUT2D eigenvalue weighted by molar-refractivity contribution is 5.96. The van der Waals surface area contributed by atoms with Gasteiger partial charge in [-0.15, -0.1) is 0 Å². The summed E-state index contributed by atoms with van der Waals surface area (Å²) in [6.07, 6.45) is 4.02. The van der Waals surface area contributed by atoms with Gasteiger partial charge in [0.1, 0.15) is 17.2 Å². The molecule has 0 aliphatic carbocycles. The van der Waals surface area contributed by atoms with Crippen molar-refractivity contribution in [2.24, 2.45) is 0 Å². The molecule has 0 saturated heterocycles. The van der Waals surface area contributed by atoms with E-state index >= 15 is 0 Å². The molecule has 2 aromatic carbocycles. The lowest BCUT2D eigenvalue weighted by molar-refractivity contribution is -0.658.